The minimum atomic E-state index is -1.20. The minimum Gasteiger partial charge on any atom is -0.598 e. The summed E-state index contributed by atoms with van der Waals surface area (Å²) in [6.07, 6.45) is 0.863. The Hall–Kier alpha value is -0.580. The Balaban J connectivity index is 2.87. The van der Waals surface area contributed by atoms with E-state index in [1.165, 1.54) is 6.07 Å². The first kappa shape index (κ1) is 15.5. The fourth-order valence-electron chi connectivity index (χ4n) is 1.55. The predicted molar refractivity (Wildman–Crippen MR) is 75.2 cm³/mol. The molecule has 4 heteroatoms. The molecule has 1 aromatic carbocycles. The second-order valence-corrected chi connectivity index (χ2v) is 7.43. The monoisotopic (exact) mass is 271 g/mol. The molecule has 2 nitrogen and oxygen atoms in total. The Kier molecular flexibility index (Phi) is 5.20. The van der Waals surface area contributed by atoms with Crippen LogP contribution in [0.2, 0.25) is 0 Å². The van der Waals surface area contributed by atoms with Crippen LogP contribution in [0.3, 0.4) is 0 Å². The van der Waals surface area contributed by atoms with Gasteiger partial charge in [-0.15, -0.1) is 4.72 Å². The van der Waals surface area contributed by atoms with Gasteiger partial charge in [0.1, 0.15) is 10.6 Å². The Bertz CT molecular complexity index is 403. The molecule has 1 N–H and O–H groups in total. The number of halogens is 1. The van der Waals surface area contributed by atoms with Gasteiger partial charge in [0.25, 0.3) is 0 Å². The van der Waals surface area contributed by atoms with Gasteiger partial charge in [0.05, 0.1) is 6.04 Å². The number of hydrogen-bond donors (Lipinski definition) is 1. The van der Waals surface area contributed by atoms with Crippen molar-refractivity contribution in [3.8, 4) is 0 Å². The molecule has 0 heterocycles. The normalized spacial score (nSPS) is 15.5. The first-order valence-corrected chi connectivity index (χ1v) is 7.37. The second-order valence-electron chi connectivity index (χ2n) is 5.43. The second kappa shape index (κ2) is 6.04. The van der Waals surface area contributed by atoms with Gasteiger partial charge in [0.15, 0.2) is 0 Å². The maximum Gasteiger partial charge on any atom is 0.136 e. The van der Waals surface area contributed by atoms with Gasteiger partial charge in [0, 0.05) is 16.9 Å². The SMILES string of the molecule is CCc1ccc(F)c([C@H](C)N[S@+]([O-])C(C)(C)C)c1. The van der Waals surface area contributed by atoms with Crippen molar-refractivity contribution in [2.45, 2.75) is 51.8 Å². The third-order valence-corrected chi connectivity index (χ3v) is 4.46. The third-order valence-electron chi connectivity index (χ3n) is 2.78. The molecule has 1 rings (SSSR count). The zero-order chi connectivity index (χ0) is 13.9. The maximum atomic E-state index is 13.8. The van der Waals surface area contributed by atoms with Crippen LogP contribution in [0.4, 0.5) is 4.39 Å². The Morgan fingerprint density at radius 1 is 1.39 bits per heavy atom. The number of hydrogen-bond acceptors (Lipinski definition) is 2. The van der Waals surface area contributed by atoms with Crippen LogP contribution < -0.4 is 4.72 Å². The third kappa shape index (κ3) is 3.97. The van der Waals surface area contributed by atoms with E-state index in [1.54, 1.807) is 6.07 Å². The van der Waals surface area contributed by atoms with E-state index in [-0.39, 0.29) is 16.6 Å². The average Bonchev–Trinajstić information content (AvgIpc) is 2.28. The molecule has 0 aliphatic carbocycles. The van der Waals surface area contributed by atoms with Gasteiger partial charge in [-0.3, -0.25) is 0 Å². The van der Waals surface area contributed by atoms with E-state index >= 15 is 0 Å². The van der Waals surface area contributed by atoms with Crippen molar-refractivity contribution in [1.29, 1.82) is 0 Å². The Labute approximate surface area is 112 Å². The zero-order valence-electron chi connectivity index (χ0n) is 11.7. The number of rotatable bonds is 4. The first-order chi connectivity index (χ1) is 8.25. The summed E-state index contributed by atoms with van der Waals surface area (Å²) in [6.45, 7) is 9.54. The molecular formula is C14H22FNOS. The van der Waals surface area contributed by atoms with Crippen LogP contribution in [0.1, 0.15) is 51.8 Å². The molecule has 0 fully saturated rings. The molecule has 0 unspecified atom stereocenters. The van der Waals surface area contributed by atoms with E-state index < -0.39 is 11.4 Å². The van der Waals surface area contributed by atoms with Gasteiger partial charge in [-0.2, -0.15) is 0 Å². The molecule has 0 saturated heterocycles. The van der Waals surface area contributed by atoms with Gasteiger partial charge in [-0.05, 0) is 45.7 Å². The first-order valence-electron chi connectivity index (χ1n) is 6.22. The van der Waals surface area contributed by atoms with E-state index in [9.17, 15) is 8.94 Å². The Morgan fingerprint density at radius 3 is 2.50 bits per heavy atom. The lowest BCUT2D eigenvalue weighted by molar-refractivity contribution is 0.522. The Morgan fingerprint density at radius 2 is 2.00 bits per heavy atom. The molecule has 0 spiro atoms. The highest BCUT2D eigenvalue weighted by atomic mass is 32.2. The summed E-state index contributed by atoms with van der Waals surface area (Å²) in [5.74, 6) is -0.252. The zero-order valence-corrected chi connectivity index (χ0v) is 12.5. The van der Waals surface area contributed by atoms with Crippen LogP contribution in [-0.2, 0) is 17.8 Å². The molecule has 0 amide bonds. The van der Waals surface area contributed by atoms with Gasteiger partial charge < -0.3 is 4.55 Å². The highest BCUT2D eigenvalue weighted by Crippen LogP contribution is 2.22. The summed E-state index contributed by atoms with van der Waals surface area (Å²) in [5, 5.41) is 0. The van der Waals surface area contributed by atoms with Gasteiger partial charge in [-0.1, -0.05) is 19.1 Å². The lowest BCUT2D eigenvalue weighted by Crippen LogP contribution is -2.40. The summed E-state index contributed by atoms with van der Waals surface area (Å²) >= 11 is -1.20. The molecule has 102 valence electrons. The lowest BCUT2D eigenvalue weighted by atomic mass is 10.0. The summed E-state index contributed by atoms with van der Waals surface area (Å²) in [7, 11) is 0. The van der Waals surface area contributed by atoms with Crippen molar-refractivity contribution in [3.63, 3.8) is 0 Å². The average molecular weight is 271 g/mol. The smallest absolute Gasteiger partial charge is 0.136 e. The fourth-order valence-corrected chi connectivity index (χ4v) is 2.35. The maximum absolute atomic E-state index is 13.8. The molecule has 0 aliphatic rings. The van der Waals surface area contributed by atoms with Crippen molar-refractivity contribution in [3.05, 3.63) is 35.1 Å². The highest BCUT2D eigenvalue weighted by Gasteiger charge is 2.29. The highest BCUT2D eigenvalue weighted by molar-refractivity contribution is 7.90. The number of nitrogens with one attached hydrogen (secondary N) is 1. The van der Waals surface area contributed by atoms with Crippen LogP contribution in [0.5, 0.6) is 0 Å². The quantitative estimate of drug-likeness (QED) is 0.851. The molecule has 0 bridgehead atoms. The van der Waals surface area contributed by atoms with Gasteiger partial charge in [-0.25, -0.2) is 4.39 Å². The molecule has 18 heavy (non-hydrogen) atoms. The van der Waals surface area contributed by atoms with Crippen molar-refractivity contribution in [1.82, 2.24) is 4.72 Å². The van der Waals surface area contributed by atoms with Gasteiger partial charge in [0.2, 0.25) is 0 Å². The van der Waals surface area contributed by atoms with Gasteiger partial charge >= 0.3 is 0 Å². The lowest BCUT2D eigenvalue weighted by Gasteiger charge is -2.26. The number of aryl methyl sites for hydroxylation is 1. The van der Waals surface area contributed by atoms with Crippen molar-refractivity contribution in [2.75, 3.05) is 0 Å². The summed E-state index contributed by atoms with van der Waals surface area (Å²) in [4.78, 5) is 0. The standard InChI is InChI=1S/C14H22FNOS/c1-6-11-7-8-13(15)12(9-11)10(2)16-18(17)14(3,4)5/h7-10,16H,6H2,1-5H3/t10-,18+/m0/s1. The predicted octanol–water partition coefficient (Wildman–Crippen LogP) is 3.50. The molecule has 0 saturated carbocycles. The van der Waals surface area contributed by atoms with E-state index in [0.29, 0.717) is 5.56 Å². The molecular weight excluding hydrogens is 249 g/mol. The molecule has 1 aromatic rings. The topological polar surface area (TPSA) is 35.1 Å². The molecule has 0 radical (unpaired) electrons. The molecule has 2 atom stereocenters. The minimum absolute atomic E-state index is 0.252. The van der Waals surface area contributed by atoms with Crippen LogP contribution in [-0.4, -0.2) is 9.30 Å². The van der Waals surface area contributed by atoms with Crippen LogP contribution >= 0.6 is 0 Å². The van der Waals surface area contributed by atoms with E-state index in [4.69, 9.17) is 0 Å². The summed E-state index contributed by atoms with van der Waals surface area (Å²) in [6, 6.07) is 4.84. The van der Waals surface area contributed by atoms with Crippen molar-refractivity contribution >= 4 is 11.4 Å². The number of benzene rings is 1. The van der Waals surface area contributed by atoms with Crippen molar-refractivity contribution in [2.24, 2.45) is 0 Å². The summed E-state index contributed by atoms with van der Waals surface area (Å²) < 4.78 is 28.4. The molecule has 0 aliphatic heterocycles. The van der Waals surface area contributed by atoms with E-state index in [0.717, 1.165) is 12.0 Å². The summed E-state index contributed by atoms with van der Waals surface area (Å²) in [5.41, 5.74) is 1.66. The van der Waals surface area contributed by atoms with Crippen LogP contribution in [0.25, 0.3) is 0 Å². The molecule has 0 aromatic heterocycles. The van der Waals surface area contributed by atoms with E-state index in [2.05, 4.69) is 4.72 Å². The van der Waals surface area contributed by atoms with Crippen LogP contribution in [0.15, 0.2) is 18.2 Å². The fraction of sp³-hybridized carbons (Fsp3) is 0.571. The van der Waals surface area contributed by atoms with E-state index in [1.807, 2.05) is 40.7 Å². The largest absolute Gasteiger partial charge is 0.598 e. The van der Waals surface area contributed by atoms with Crippen molar-refractivity contribution < 1.29 is 8.94 Å². The van der Waals surface area contributed by atoms with Crippen LogP contribution in [0, 0.1) is 5.82 Å².